The van der Waals surface area contributed by atoms with Gasteiger partial charge in [-0.2, -0.15) is 16.9 Å². The number of nitrogens with zero attached hydrogens (tertiary/aromatic N) is 2. The largest absolute Gasteiger partial charge is 0.395 e. The fourth-order valence-electron chi connectivity index (χ4n) is 2.15. The number of amides is 1. The van der Waals surface area contributed by atoms with E-state index in [1.165, 1.54) is 0 Å². The zero-order valence-electron chi connectivity index (χ0n) is 10.9. The summed E-state index contributed by atoms with van der Waals surface area (Å²) < 4.78 is 0. The Kier molecular flexibility index (Phi) is 4.16. The number of aromatic amines is 1. The Balaban J connectivity index is 2.12. The topological polar surface area (TPSA) is 75.0 Å². The van der Waals surface area contributed by atoms with E-state index in [9.17, 15) is 4.79 Å². The number of nitrogens with two attached hydrogens (primary N) is 1. The molecule has 2 heterocycles. The minimum absolute atomic E-state index is 0.0707. The Morgan fingerprint density at radius 3 is 3.06 bits per heavy atom. The van der Waals surface area contributed by atoms with Gasteiger partial charge in [0.25, 0.3) is 5.91 Å². The van der Waals surface area contributed by atoms with Crippen molar-refractivity contribution >= 4 is 23.4 Å². The van der Waals surface area contributed by atoms with Gasteiger partial charge in [0.1, 0.15) is 0 Å². The van der Waals surface area contributed by atoms with E-state index in [0.29, 0.717) is 17.4 Å². The van der Waals surface area contributed by atoms with Crippen molar-refractivity contribution < 1.29 is 4.79 Å². The first kappa shape index (κ1) is 13.3. The molecule has 1 amide bonds. The standard InChI is InChI=1S/C12H20N4OS/c1-3-4-9-10(13)11(15-14-9)12(17)16(2)8-5-6-18-7-8/h8H,3-7,13H2,1-2H3,(H,14,15). The molecule has 1 aliphatic rings. The van der Waals surface area contributed by atoms with Crippen LogP contribution in [0.5, 0.6) is 0 Å². The molecule has 1 aromatic heterocycles. The molecule has 5 nitrogen and oxygen atoms in total. The van der Waals surface area contributed by atoms with Crippen molar-refractivity contribution in [2.75, 3.05) is 24.3 Å². The number of anilines is 1. The van der Waals surface area contributed by atoms with Gasteiger partial charge in [-0.1, -0.05) is 13.3 Å². The van der Waals surface area contributed by atoms with Gasteiger partial charge in [-0.05, 0) is 18.6 Å². The number of nitrogen functional groups attached to an aromatic ring is 1. The SMILES string of the molecule is CCCc1[nH]nc(C(=O)N(C)C2CCSC2)c1N. The Morgan fingerprint density at radius 1 is 1.67 bits per heavy atom. The average molecular weight is 268 g/mol. The van der Waals surface area contributed by atoms with Crippen molar-refractivity contribution in [2.45, 2.75) is 32.2 Å². The van der Waals surface area contributed by atoms with Crippen LogP contribution in [0.4, 0.5) is 5.69 Å². The molecule has 1 aliphatic heterocycles. The first-order chi connectivity index (χ1) is 8.65. The van der Waals surface area contributed by atoms with Crippen LogP contribution in [0.15, 0.2) is 0 Å². The summed E-state index contributed by atoms with van der Waals surface area (Å²) in [6.07, 6.45) is 2.86. The maximum absolute atomic E-state index is 12.3. The lowest BCUT2D eigenvalue weighted by atomic mass is 10.1. The molecular formula is C12H20N4OS. The van der Waals surface area contributed by atoms with Gasteiger partial charge in [0.2, 0.25) is 0 Å². The zero-order chi connectivity index (χ0) is 13.1. The predicted octanol–water partition coefficient (Wildman–Crippen LogP) is 1.52. The number of H-pyrrole nitrogens is 1. The van der Waals surface area contributed by atoms with Crippen LogP contribution in [-0.2, 0) is 6.42 Å². The Labute approximate surface area is 111 Å². The van der Waals surface area contributed by atoms with Crippen molar-refractivity contribution in [2.24, 2.45) is 0 Å². The third-order valence-corrected chi connectivity index (χ3v) is 4.50. The Morgan fingerprint density at radius 2 is 2.44 bits per heavy atom. The molecule has 1 unspecified atom stereocenters. The van der Waals surface area contributed by atoms with Crippen molar-refractivity contribution in [3.05, 3.63) is 11.4 Å². The molecule has 18 heavy (non-hydrogen) atoms. The van der Waals surface area contributed by atoms with Crippen LogP contribution in [0.2, 0.25) is 0 Å². The van der Waals surface area contributed by atoms with E-state index in [1.807, 2.05) is 18.8 Å². The first-order valence-corrected chi connectivity index (χ1v) is 7.48. The van der Waals surface area contributed by atoms with Crippen molar-refractivity contribution in [3.8, 4) is 0 Å². The fourth-order valence-corrected chi connectivity index (χ4v) is 3.42. The summed E-state index contributed by atoms with van der Waals surface area (Å²) in [5.41, 5.74) is 7.74. The van der Waals surface area contributed by atoms with Gasteiger partial charge in [0.05, 0.1) is 11.4 Å². The number of nitrogens with one attached hydrogen (secondary N) is 1. The lowest BCUT2D eigenvalue weighted by molar-refractivity contribution is 0.0743. The maximum atomic E-state index is 12.3. The van der Waals surface area contributed by atoms with Crippen LogP contribution >= 0.6 is 11.8 Å². The normalized spacial score (nSPS) is 19.1. The van der Waals surface area contributed by atoms with Gasteiger partial charge < -0.3 is 10.6 Å². The number of carbonyl (C=O) groups excluding carboxylic acids is 1. The van der Waals surface area contributed by atoms with E-state index in [0.717, 1.165) is 36.5 Å². The Bertz CT molecular complexity index is 426. The zero-order valence-corrected chi connectivity index (χ0v) is 11.7. The lowest BCUT2D eigenvalue weighted by Crippen LogP contribution is -2.37. The van der Waals surface area contributed by atoms with Gasteiger partial charge in [-0.15, -0.1) is 0 Å². The van der Waals surface area contributed by atoms with E-state index >= 15 is 0 Å². The quantitative estimate of drug-likeness (QED) is 0.868. The second-order valence-electron chi connectivity index (χ2n) is 4.65. The third kappa shape index (κ3) is 2.48. The van der Waals surface area contributed by atoms with E-state index < -0.39 is 0 Å². The lowest BCUT2D eigenvalue weighted by Gasteiger charge is -2.22. The molecule has 0 aromatic carbocycles. The highest BCUT2D eigenvalue weighted by Gasteiger charge is 2.27. The van der Waals surface area contributed by atoms with Crippen LogP contribution in [0, 0.1) is 0 Å². The number of thioether (sulfide) groups is 1. The summed E-state index contributed by atoms with van der Waals surface area (Å²) >= 11 is 1.89. The summed E-state index contributed by atoms with van der Waals surface area (Å²) in [4.78, 5) is 14.1. The summed E-state index contributed by atoms with van der Waals surface area (Å²) in [6, 6.07) is 0.313. The molecule has 1 aromatic rings. The molecule has 0 aliphatic carbocycles. The highest BCUT2D eigenvalue weighted by Crippen LogP contribution is 2.24. The highest BCUT2D eigenvalue weighted by molar-refractivity contribution is 7.99. The summed E-state index contributed by atoms with van der Waals surface area (Å²) in [6.45, 7) is 2.07. The molecule has 3 N–H and O–H groups in total. The summed E-state index contributed by atoms with van der Waals surface area (Å²) in [5, 5.41) is 6.95. The number of hydrogen-bond donors (Lipinski definition) is 2. The minimum Gasteiger partial charge on any atom is -0.395 e. The van der Waals surface area contributed by atoms with Crippen LogP contribution in [0.3, 0.4) is 0 Å². The molecule has 0 radical (unpaired) electrons. The number of carbonyl (C=O) groups is 1. The smallest absolute Gasteiger partial charge is 0.276 e. The van der Waals surface area contributed by atoms with Gasteiger partial charge in [0, 0.05) is 18.8 Å². The molecule has 6 heteroatoms. The third-order valence-electron chi connectivity index (χ3n) is 3.36. The molecule has 2 rings (SSSR count). The highest BCUT2D eigenvalue weighted by atomic mass is 32.2. The van der Waals surface area contributed by atoms with Gasteiger partial charge in [-0.3, -0.25) is 9.89 Å². The first-order valence-electron chi connectivity index (χ1n) is 6.32. The molecular weight excluding hydrogens is 248 g/mol. The molecule has 0 bridgehead atoms. The van der Waals surface area contributed by atoms with E-state index in [-0.39, 0.29) is 5.91 Å². The van der Waals surface area contributed by atoms with E-state index in [4.69, 9.17) is 5.73 Å². The predicted molar refractivity (Wildman–Crippen MR) is 74.8 cm³/mol. The van der Waals surface area contributed by atoms with Crippen LogP contribution in [-0.4, -0.2) is 45.6 Å². The molecule has 0 spiro atoms. The Hall–Kier alpha value is -1.17. The average Bonchev–Trinajstić information content (AvgIpc) is 2.99. The number of aromatic nitrogens is 2. The molecule has 1 fully saturated rings. The number of hydrogen-bond acceptors (Lipinski definition) is 4. The molecule has 100 valence electrons. The maximum Gasteiger partial charge on any atom is 0.276 e. The van der Waals surface area contributed by atoms with Crippen molar-refractivity contribution in [1.29, 1.82) is 0 Å². The fraction of sp³-hybridized carbons (Fsp3) is 0.667. The second-order valence-corrected chi connectivity index (χ2v) is 5.80. The second kappa shape index (κ2) is 5.65. The van der Waals surface area contributed by atoms with Gasteiger partial charge in [-0.25, -0.2) is 0 Å². The number of rotatable bonds is 4. The van der Waals surface area contributed by atoms with Crippen LogP contribution < -0.4 is 5.73 Å². The molecule has 1 atom stereocenters. The van der Waals surface area contributed by atoms with Crippen molar-refractivity contribution in [3.63, 3.8) is 0 Å². The van der Waals surface area contributed by atoms with E-state index in [1.54, 1.807) is 4.90 Å². The van der Waals surface area contributed by atoms with E-state index in [2.05, 4.69) is 17.1 Å². The van der Waals surface area contributed by atoms with Gasteiger partial charge >= 0.3 is 0 Å². The van der Waals surface area contributed by atoms with Crippen LogP contribution in [0.25, 0.3) is 0 Å². The minimum atomic E-state index is -0.0707. The summed E-state index contributed by atoms with van der Waals surface area (Å²) in [5.74, 6) is 2.06. The van der Waals surface area contributed by atoms with Crippen LogP contribution in [0.1, 0.15) is 35.9 Å². The molecule has 0 saturated carbocycles. The monoisotopic (exact) mass is 268 g/mol. The number of aryl methyl sites for hydroxylation is 1. The van der Waals surface area contributed by atoms with Crippen molar-refractivity contribution in [1.82, 2.24) is 15.1 Å². The molecule has 1 saturated heterocycles. The summed E-state index contributed by atoms with van der Waals surface area (Å²) in [7, 11) is 1.84. The van der Waals surface area contributed by atoms with Gasteiger partial charge in [0.15, 0.2) is 5.69 Å².